The molecule has 0 bridgehead atoms. The first kappa shape index (κ1) is 19.1. The zero-order valence-electron chi connectivity index (χ0n) is 16.6. The minimum Gasteiger partial charge on any atom is -0.469 e. The number of imide groups is 1. The van der Waals surface area contributed by atoms with Crippen LogP contribution in [0, 0.1) is 13.8 Å². The van der Waals surface area contributed by atoms with Gasteiger partial charge in [-0.15, -0.1) is 0 Å². The Morgan fingerprint density at radius 1 is 1.33 bits per heavy atom. The van der Waals surface area contributed by atoms with Crippen LogP contribution in [0.3, 0.4) is 0 Å². The van der Waals surface area contributed by atoms with Gasteiger partial charge in [0, 0.05) is 13.6 Å². The molecule has 2 aliphatic rings. The Labute approximate surface area is 158 Å². The normalized spacial score (nSPS) is 19.8. The number of esters is 1. The predicted molar refractivity (Wildman–Crippen MR) is 96.7 cm³/mol. The maximum atomic E-state index is 13.2. The fraction of sp³-hybridized carbons (Fsp3) is 0.611. The predicted octanol–water partition coefficient (Wildman–Crippen LogP) is 1.41. The van der Waals surface area contributed by atoms with Gasteiger partial charge in [-0.1, -0.05) is 11.9 Å². The summed E-state index contributed by atoms with van der Waals surface area (Å²) in [5.74, 6) is 0.276. The number of rotatable bonds is 5. The third-order valence-corrected chi connectivity index (χ3v) is 5.55. The Kier molecular flexibility index (Phi) is 4.79. The molecule has 0 spiro atoms. The van der Waals surface area contributed by atoms with Gasteiger partial charge in [0.2, 0.25) is 11.9 Å². The van der Waals surface area contributed by atoms with E-state index < -0.39 is 18.0 Å². The fourth-order valence-corrected chi connectivity index (χ4v) is 3.68. The number of carbonyl (C=O) groups excluding carboxylic acids is 3. The van der Waals surface area contributed by atoms with Crippen LogP contribution in [0.2, 0.25) is 0 Å². The van der Waals surface area contributed by atoms with Gasteiger partial charge >= 0.3 is 17.9 Å². The molecule has 9 heteroatoms. The number of hydrogen-bond donors (Lipinski definition) is 0. The van der Waals surface area contributed by atoms with Crippen LogP contribution in [0.25, 0.3) is 0 Å². The van der Waals surface area contributed by atoms with Crippen LogP contribution in [0.1, 0.15) is 50.2 Å². The minimum atomic E-state index is -0.690. The first-order valence-electron chi connectivity index (χ1n) is 9.11. The quantitative estimate of drug-likeness (QED) is 0.574. The zero-order valence-corrected chi connectivity index (χ0v) is 16.6. The lowest BCUT2D eigenvalue weighted by Gasteiger charge is -2.33. The highest BCUT2D eigenvalue weighted by molar-refractivity contribution is 6.19. The third-order valence-electron chi connectivity index (χ3n) is 5.55. The molecule has 1 aromatic heterocycles. The van der Waals surface area contributed by atoms with Crippen molar-refractivity contribution in [2.24, 2.45) is 4.99 Å². The molecule has 0 aromatic carbocycles. The number of aliphatic imine (C=N–C) groups is 1. The molecule has 1 aromatic rings. The second kappa shape index (κ2) is 6.79. The molecular formula is C18H26N5O4+. The Balaban J connectivity index is 2.04. The van der Waals surface area contributed by atoms with E-state index in [9.17, 15) is 14.4 Å². The minimum absolute atomic E-state index is 0.0154. The van der Waals surface area contributed by atoms with E-state index in [-0.39, 0.29) is 24.9 Å². The summed E-state index contributed by atoms with van der Waals surface area (Å²) in [6, 6.07) is -0.950. The lowest BCUT2D eigenvalue weighted by Crippen LogP contribution is -2.63. The maximum absolute atomic E-state index is 13.2. The highest BCUT2D eigenvalue weighted by Crippen LogP contribution is 2.33. The van der Waals surface area contributed by atoms with E-state index >= 15 is 0 Å². The average molecular weight is 376 g/mol. The molecule has 3 rings (SSSR count). The number of imidazole rings is 1. The lowest BCUT2D eigenvalue weighted by atomic mass is 10.1. The second-order valence-corrected chi connectivity index (χ2v) is 7.00. The standard InChI is InChI=1S/C18H26N5O4/c1-7-10(2)22-11(3)12(4)23-14-15(19-17(22)23)20(5)18(26)21(16(14)25)9-8-13(24)27-6/h10,14H,7-9H2,1-6H3/q+1. The molecule has 1 fully saturated rings. The van der Waals surface area contributed by atoms with Crippen LogP contribution in [0.15, 0.2) is 4.99 Å². The van der Waals surface area contributed by atoms with Gasteiger partial charge in [-0.3, -0.25) is 19.4 Å². The molecule has 9 nitrogen and oxygen atoms in total. The van der Waals surface area contributed by atoms with Gasteiger partial charge in [0.25, 0.3) is 5.91 Å². The number of fused-ring (bicyclic) bond motifs is 3. The Morgan fingerprint density at radius 3 is 2.59 bits per heavy atom. The average Bonchev–Trinajstić information content (AvgIpc) is 3.15. The summed E-state index contributed by atoms with van der Waals surface area (Å²) in [5.41, 5.74) is 1.99. The Hall–Kier alpha value is -2.71. The zero-order chi connectivity index (χ0) is 20.0. The van der Waals surface area contributed by atoms with Gasteiger partial charge in [0.1, 0.15) is 11.4 Å². The number of ether oxygens (including phenoxy) is 1. The number of urea groups is 1. The van der Waals surface area contributed by atoms with E-state index in [1.807, 2.05) is 18.4 Å². The number of methoxy groups -OCH3 is 1. The highest BCUT2D eigenvalue weighted by atomic mass is 16.5. The summed E-state index contributed by atoms with van der Waals surface area (Å²) >= 11 is 0. The first-order chi connectivity index (χ1) is 12.7. The molecule has 2 atom stereocenters. The van der Waals surface area contributed by atoms with Crippen molar-refractivity contribution in [3.63, 3.8) is 0 Å². The monoisotopic (exact) mass is 376 g/mol. The summed E-state index contributed by atoms with van der Waals surface area (Å²) in [6.07, 6.45) is 0.885. The molecule has 2 aliphatic heterocycles. The number of amides is 3. The van der Waals surface area contributed by atoms with Crippen molar-refractivity contribution >= 4 is 29.7 Å². The van der Waals surface area contributed by atoms with Gasteiger partial charge in [0.05, 0.1) is 19.6 Å². The molecule has 3 heterocycles. The molecule has 0 N–H and O–H groups in total. The van der Waals surface area contributed by atoms with Crippen LogP contribution in [0.4, 0.5) is 10.7 Å². The molecule has 0 radical (unpaired) electrons. The molecule has 0 aliphatic carbocycles. The highest BCUT2D eigenvalue weighted by Gasteiger charge is 2.54. The number of aromatic nitrogens is 2. The summed E-state index contributed by atoms with van der Waals surface area (Å²) < 4.78 is 8.64. The van der Waals surface area contributed by atoms with E-state index in [0.29, 0.717) is 11.8 Å². The summed E-state index contributed by atoms with van der Waals surface area (Å²) in [4.78, 5) is 44.4. The molecule has 3 amide bonds. The van der Waals surface area contributed by atoms with Gasteiger partial charge in [-0.25, -0.2) is 13.9 Å². The van der Waals surface area contributed by atoms with Crippen molar-refractivity contribution < 1.29 is 23.7 Å². The largest absolute Gasteiger partial charge is 0.469 e. The van der Waals surface area contributed by atoms with Gasteiger partial charge in [0.15, 0.2) is 0 Å². The molecule has 0 saturated carbocycles. The molecular weight excluding hydrogens is 350 g/mol. The van der Waals surface area contributed by atoms with Gasteiger partial charge in [-0.2, -0.15) is 0 Å². The smallest absolute Gasteiger partial charge is 0.402 e. The number of hydrogen-bond acceptors (Lipinski definition) is 5. The molecule has 1 saturated heterocycles. The molecule has 2 unspecified atom stereocenters. The maximum Gasteiger partial charge on any atom is 0.402 e. The van der Waals surface area contributed by atoms with E-state index in [2.05, 4.69) is 28.1 Å². The van der Waals surface area contributed by atoms with Gasteiger partial charge in [-0.05, 0) is 27.2 Å². The van der Waals surface area contributed by atoms with Crippen LogP contribution in [0.5, 0.6) is 0 Å². The number of nitrogens with zero attached hydrogens (tertiary/aromatic N) is 5. The van der Waals surface area contributed by atoms with Crippen LogP contribution in [-0.2, 0) is 14.3 Å². The van der Waals surface area contributed by atoms with E-state index in [4.69, 9.17) is 0 Å². The Bertz CT molecular complexity index is 856. The Morgan fingerprint density at radius 2 is 2.00 bits per heavy atom. The summed E-state index contributed by atoms with van der Waals surface area (Å²) in [6.45, 7) is 8.16. The first-order valence-corrected chi connectivity index (χ1v) is 9.11. The van der Waals surface area contributed by atoms with Crippen LogP contribution < -0.4 is 4.57 Å². The van der Waals surface area contributed by atoms with Crippen molar-refractivity contribution in [3.05, 3.63) is 11.4 Å². The van der Waals surface area contributed by atoms with Crippen molar-refractivity contribution in [2.45, 2.75) is 52.6 Å². The van der Waals surface area contributed by atoms with Crippen LogP contribution >= 0.6 is 0 Å². The third kappa shape index (κ3) is 2.72. The molecule has 27 heavy (non-hydrogen) atoms. The van der Waals surface area contributed by atoms with Crippen molar-refractivity contribution in [2.75, 3.05) is 20.7 Å². The second-order valence-electron chi connectivity index (χ2n) is 7.00. The van der Waals surface area contributed by atoms with Crippen LogP contribution in [-0.4, -0.2) is 58.8 Å². The summed E-state index contributed by atoms with van der Waals surface area (Å²) in [5, 5.41) is 0. The fourth-order valence-electron chi connectivity index (χ4n) is 3.68. The molecule has 146 valence electrons. The van der Waals surface area contributed by atoms with Crippen molar-refractivity contribution in [3.8, 4) is 0 Å². The number of carbonyl (C=O) groups is 3. The number of amidine groups is 1. The number of likely N-dealkylation sites (N-methyl/N-ethyl adjacent to an activating group) is 1. The van der Waals surface area contributed by atoms with Gasteiger partial charge < -0.3 is 4.74 Å². The van der Waals surface area contributed by atoms with E-state index in [0.717, 1.165) is 22.7 Å². The summed E-state index contributed by atoms with van der Waals surface area (Å²) in [7, 11) is 2.88. The van der Waals surface area contributed by atoms with E-state index in [1.54, 1.807) is 7.05 Å². The van der Waals surface area contributed by atoms with E-state index in [1.165, 1.54) is 12.0 Å². The SMILES string of the molecule is CCC(C)n1c(C)c(C)[n+]2c1N=C1C2C(=O)N(CCC(=O)OC)C(=O)N1C. The topological polar surface area (TPSA) is 88.1 Å². The van der Waals surface area contributed by atoms with Crippen molar-refractivity contribution in [1.82, 2.24) is 14.4 Å². The van der Waals surface area contributed by atoms with Crippen molar-refractivity contribution in [1.29, 1.82) is 0 Å². The lowest BCUT2D eigenvalue weighted by molar-refractivity contribution is -0.683.